The Morgan fingerprint density at radius 2 is 1.95 bits per heavy atom. The Morgan fingerprint density at radius 3 is 2.52 bits per heavy atom. The van der Waals surface area contributed by atoms with Crippen LogP contribution in [0.1, 0.15) is 10.4 Å². The fraction of sp³-hybridized carbons (Fsp3) is 0. The normalized spacial score (nSPS) is 10.2. The summed E-state index contributed by atoms with van der Waals surface area (Å²) in [5.41, 5.74) is -1.43. The minimum atomic E-state index is -1.56. The van der Waals surface area contributed by atoms with Crippen LogP contribution in [0.4, 0.5) is 10.1 Å². The zero-order valence-electron chi connectivity index (χ0n) is 10.2. The van der Waals surface area contributed by atoms with Gasteiger partial charge in [0.2, 0.25) is 5.75 Å². The monoisotopic (exact) mass is 311 g/mol. The Kier molecular flexibility index (Phi) is 4.04. The van der Waals surface area contributed by atoms with Gasteiger partial charge in [0.25, 0.3) is 0 Å². The van der Waals surface area contributed by atoms with E-state index in [2.05, 4.69) is 0 Å². The van der Waals surface area contributed by atoms with Gasteiger partial charge >= 0.3 is 11.7 Å². The summed E-state index contributed by atoms with van der Waals surface area (Å²) in [4.78, 5) is 20.9. The molecule has 0 radical (unpaired) electrons. The van der Waals surface area contributed by atoms with E-state index in [1.54, 1.807) is 12.1 Å². The number of rotatable bonds is 4. The highest BCUT2D eigenvalue weighted by Gasteiger charge is 2.23. The molecule has 0 bridgehead atoms. The third kappa shape index (κ3) is 3.09. The molecule has 2 aromatic rings. The number of benzene rings is 2. The molecule has 0 unspecified atom stereocenters. The predicted octanol–water partition coefficient (Wildman–Crippen LogP) is 3.88. The number of carboxylic acids is 1. The lowest BCUT2D eigenvalue weighted by Gasteiger charge is -2.09. The standard InChI is InChI=1S/C13H7ClFNO5/c14-8-3-1-2-4-11(8)21-12-5-7(13(17)18)9(15)6-10(12)16(19)20/h1-6H,(H,17,18). The average molecular weight is 312 g/mol. The van der Waals surface area contributed by atoms with Crippen LogP contribution in [-0.4, -0.2) is 16.0 Å². The molecule has 0 heterocycles. The first kappa shape index (κ1) is 14.7. The van der Waals surface area contributed by atoms with Crippen molar-refractivity contribution in [3.63, 3.8) is 0 Å². The zero-order chi connectivity index (χ0) is 15.6. The van der Waals surface area contributed by atoms with E-state index in [-0.39, 0.29) is 10.8 Å². The van der Waals surface area contributed by atoms with Gasteiger partial charge in [-0.05, 0) is 12.1 Å². The first-order valence-electron chi connectivity index (χ1n) is 5.53. The minimum Gasteiger partial charge on any atom is -0.478 e. The zero-order valence-corrected chi connectivity index (χ0v) is 11.0. The van der Waals surface area contributed by atoms with Gasteiger partial charge in [-0.15, -0.1) is 0 Å². The van der Waals surface area contributed by atoms with Crippen molar-refractivity contribution in [2.45, 2.75) is 0 Å². The van der Waals surface area contributed by atoms with Crippen molar-refractivity contribution in [3.05, 3.63) is 62.9 Å². The maximum atomic E-state index is 13.5. The van der Waals surface area contributed by atoms with Gasteiger partial charge in [0.15, 0.2) is 0 Å². The second-order valence-electron chi connectivity index (χ2n) is 3.89. The molecular formula is C13H7ClFNO5. The molecule has 0 saturated heterocycles. The molecule has 1 N–H and O–H groups in total. The molecule has 108 valence electrons. The number of hydrogen-bond acceptors (Lipinski definition) is 4. The summed E-state index contributed by atoms with van der Waals surface area (Å²) >= 11 is 5.85. The van der Waals surface area contributed by atoms with Crippen molar-refractivity contribution in [2.75, 3.05) is 0 Å². The van der Waals surface area contributed by atoms with Crippen molar-refractivity contribution in [1.82, 2.24) is 0 Å². The highest BCUT2D eigenvalue weighted by atomic mass is 35.5. The van der Waals surface area contributed by atoms with E-state index >= 15 is 0 Å². The number of ether oxygens (including phenoxy) is 1. The molecule has 0 saturated carbocycles. The highest BCUT2D eigenvalue weighted by molar-refractivity contribution is 6.32. The van der Waals surface area contributed by atoms with Gasteiger partial charge in [-0.25, -0.2) is 9.18 Å². The fourth-order valence-electron chi connectivity index (χ4n) is 1.58. The lowest BCUT2D eigenvalue weighted by atomic mass is 10.1. The summed E-state index contributed by atoms with van der Waals surface area (Å²) in [5.74, 6) is -3.11. The molecule has 6 nitrogen and oxygen atoms in total. The van der Waals surface area contributed by atoms with Crippen molar-refractivity contribution >= 4 is 23.3 Å². The van der Waals surface area contributed by atoms with Crippen LogP contribution >= 0.6 is 11.6 Å². The van der Waals surface area contributed by atoms with Gasteiger partial charge < -0.3 is 9.84 Å². The molecule has 0 aliphatic heterocycles. The molecule has 0 aromatic heterocycles. The van der Waals surface area contributed by atoms with Gasteiger partial charge in [0.05, 0.1) is 21.6 Å². The lowest BCUT2D eigenvalue weighted by Crippen LogP contribution is -2.03. The van der Waals surface area contributed by atoms with Gasteiger partial charge in [-0.3, -0.25) is 10.1 Å². The van der Waals surface area contributed by atoms with E-state index in [0.717, 1.165) is 6.07 Å². The number of halogens is 2. The SMILES string of the molecule is O=C(O)c1cc(Oc2ccccc2Cl)c([N+](=O)[O-])cc1F. The highest BCUT2D eigenvalue weighted by Crippen LogP contribution is 2.36. The molecule has 0 amide bonds. The molecular weight excluding hydrogens is 305 g/mol. The Balaban J connectivity index is 2.55. The first-order chi connectivity index (χ1) is 9.90. The quantitative estimate of drug-likeness (QED) is 0.683. The number of aromatic carboxylic acids is 1. The molecule has 8 heteroatoms. The predicted molar refractivity (Wildman–Crippen MR) is 71.5 cm³/mol. The Labute approximate surface area is 122 Å². The Morgan fingerprint density at radius 1 is 1.29 bits per heavy atom. The van der Waals surface area contributed by atoms with Crippen LogP contribution in [0.2, 0.25) is 5.02 Å². The van der Waals surface area contributed by atoms with Crippen molar-refractivity contribution < 1.29 is 24.0 Å². The maximum absolute atomic E-state index is 13.5. The largest absolute Gasteiger partial charge is 0.478 e. The van der Waals surface area contributed by atoms with Crippen LogP contribution in [0.25, 0.3) is 0 Å². The third-order valence-electron chi connectivity index (χ3n) is 2.53. The number of hydrogen-bond donors (Lipinski definition) is 1. The molecule has 0 aliphatic carbocycles. The van der Waals surface area contributed by atoms with Crippen LogP contribution in [0, 0.1) is 15.9 Å². The van der Waals surface area contributed by atoms with Crippen LogP contribution in [0.15, 0.2) is 36.4 Å². The number of carboxylic acid groups (broad SMARTS) is 1. The van der Waals surface area contributed by atoms with Gasteiger partial charge in [0, 0.05) is 6.07 Å². The molecule has 0 aliphatic rings. The summed E-state index contributed by atoms with van der Waals surface area (Å²) in [6.07, 6.45) is 0. The smallest absolute Gasteiger partial charge is 0.338 e. The third-order valence-corrected chi connectivity index (χ3v) is 2.84. The van der Waals surface area contributed by atoms with Gasteiger partial charge in [0.1, 0.15) is 11.6 Å². The first-order valence-corrected chi connectivity index (χ1v) is 5.91. The van der Waals surface area contributed by atoms with E-state index in [0.29, 0.717) is 6.07 Å². The summed E-state index contributed by atoms with van der Waals surface area (Å²) < 4.78 is 18.7. The van der Waals surface area contributed by atoms with Crippen LogP contribution in [0.5, 0.6) is 11.5 Å². The number of carbonyl (C=O) groups is 1. The molecule has 0 spiro atoms. The van der Waals surface area contributed by atoms with Crippen molar-refractivity contribution in [2.24, 2.45) is 0 Å². The van der Waals surface area contributed by atoms with E-state index in [4.69, 9.17) is 21.4 Å². The maximum Gasteiger partial charge on any atom is 0.338 e. The van der Waals surface area contributed by atoms with Gasteiger partial charge in [-0.2, -0.15) is 0 Å². The van der Waals surface area contributed by atoms with Crippen molar-refractivity contribution in [1.29, 1.82) is 0 Å². The topological polar surface area (TPSA) is 89.7 Å². The second-order valence-corrected chi connectivity index (χ2v) is 4.30. The van der Waals surface area contributed by atoms with Crippen LogP contribution in [-0.2, 0) is 0 Å². The summed E-state index contributed by atoms with van der Waals surface area (Å²) in [7, 11) is 0. The summed E-state index contributed by atoms with van der Waals surface area (Å²) in [6, 6.07) is 7.38. The number of nitrogens with zero attached hydrogens (tertiary/aromatic N) is 1. The molecule has 0 fully saturated rings. The second kappa shape index (κ2) is 5.76. The molecule has 2 rings (SSSR count). The van der Waals surface area contributed by atoms with E-state index < -0.39 is 33.7 Å². The van der Waals surface area contributed by atoms with Gasteiger partial charge in [-0.1, -0.05) is 23.7 Å². The van der Waals surface area contributed by atoms with E-state index in [1.165, 1.54) is 12.1 Å². The number of para-hydroxylation sites is 1. The van der Waals surface area contributed by atoms with E-state index in [9.17, 15) is 19.3 Å². The number of nitro benzene ring substituents is 1. The summed E-state index contributed by atoms with van der Waals surface area (Å²) in [5, 5.41) is 19.9. The molecule has 2 aromatic carbocycles. The average Bonchev–Trinajstić information content (AvgIpc) is 2.42. The van der Waals surface area contributed by atoms with Crippen molar-refractivity contribution in [3.8, 4) is 11.5 Å². The Bertz CT molecular complexity index is 734. The molecule has 0 atom stereocenters. The van der Waals surface area contributed by atoms with E-state index in [1.807, 2.05) is 0 Å². The van der Waals surface area contributed by atoms with Crippen LogP contribution in [0.3, 0.4) is 0 Å². The van der Waals surface area contributed by atoms with Crippen LogP contribution < -0.4 is 4.74 Å². The summed E-state index contributed by atoms with van der Waals surface area (Å²) in [6.45, 7) is 0. The Hall–Kier alpha value is -2.67. The number of nitro groups is 1. The fourth-order valence-corrected chi connectivity index (χ4v) is 1.75. The lowest BCUT2D eigenvalue weighted by molar-refractivity contribution is -0.385. The molecule has 21 heavy (non-hydrogen) atoms. The minimum absolute atomic E-state index is 0.0882.